The molecule has 1 aromatic heterocycles. The predicted molar refractivity (Wildman–Crippen MR) is 78.6 cm³/mol. The number of nitrogens with two attached hydrogens (primary N) is 1. The second-order valence-electron chi connectivity index (χ2n) is 5.45. The predicted octanol–water partition coefficient (Wildman–Crippen LogP) is 1.68. The lowest BCUT2D eigenvalue weighted by Crippen LogP contribution is -2.26. The molecule has 0 saturated carbocycles. The molecule has 0 bridgehead atoms. The van der Waals surface area contributed by atoms with Crippen molar-refractivity contribution in [3.05, 3.63) is 29.5 Å². The van der Waals surface area contributed by atoms with Crippen molar-refractivity contribution in [2.75, 3.05) is 6.54 Å². The van der Waals surface area contributed by atoms with Crippen LogP contribution in [0.15, 0.2) is 22.3 Å². The molecular weight excluding hydrogens is 270 g/mol. The highest BCUT2D eigenvalue weighted by Gasteiger charge is 2.20. The van der Waals surface area contributed by atoms with E-state index in [-0.39, 0.29) is 17.5 Å². The normalized spacial score (nSPS) is 18.0. The van der Waals surface area contributed by atoms with Crippen LogP contribution in [0.3, 0.4) is 0 Å². The molecule has 0 aliphatic heterocycles. The van der Waals surface area contributed by atoms with Gasteiger partial charge in [-0.3, -0.25) is 4.79 Å². The minimum absolute atomic E-state index is 0.171. The van der Waals surface area contributed by atoms with Gasteiger partial charge < -0.3 is 20.6 Å². The van der Waals surface area contributed by atoms with Crippen molar-refractivity contribution in [3.63, 3.8) is 0 Å². The van der Waals surface area contributed by atoms with E-state index in [2.05, 4.69) is 16.4 Å². The number of aromatic nitrogens is 1. The molecule has 1 aliphatic rings. The fraction of sp³-hybridized carbons (Fsp3) is 0.600. The van der Waals surface area contributed by atoms with Crippen molar-refractivity contribution >= 4 is 5.91 Å². The van der Waals surface area contributed by atoms with Crippen LogP contribution in [0.1, 0.15) is 61.4 Å². The van der Waals surface area contributed by atoms with Crippen LogP contribution in [0.4, 0.5) is 0 Å². The second kappa shape index (κ2) is 7.38. The van der Waals surface area contributed by atoms with Gasteiger partial charge in [0.25, 0.3) is 5.91 Å². The molecule has 6 heteroatoms. The molecular formula is C15H23N3O3. The summed E-state index contributed by atoms with van der Waals surface area (Å²) >= 11 is 0. The summed E-state index contributed by atoms with van der Waals surface area (Å²) in [6.07, 6.45) is 8.42. The molecule has 0 aromatic carbocycles. The maximum Gasteiger partial charge on any atom is 0.273 e. The van der Waals surface area contributed by atoms with Crippen molar-refractivity contribution in [1.82, 2.24) is 10.3 Å². The van der Waals surface area contributed by atoms with E-state index in [4.69, 9.17) is 10.2 Å². The lowest BCUT2D eigenvalue weighted by molar-refractivity contribution is 0.0948. The fourth-order valence-corrected chi connectivity index (χ4v) is 2.31. The third-order valence-corrected chi connectivity index (χ3v) is 3.68. The van der Waals surface area contributed by atoms with E-state index in [0.29, 0.717) is 6.54 Å². The van der Waals surface area contributed by atoms with Gasteiger partial charge in [-0.05, 0) is 39.0 Å². The van der Waals surface area contributed by atoms with Crippen LogP contribution in [-0.4, -0.2) is 28.6 Å². The number of allylic oxidation sites excluding steroid dienone is 1. The molecule has 21 heavy (non-hydrogen) atoms. The fourth-order valence-electron chi connectivity index (χ4n) is 2.31. The molecule has 2 unspecified atom stereocenters. The van der Waals surface area contributed by atoms with Gasteiger partial charge in [-0.15, -0.1) is 0 Å². The molecule has 2 atom stereocenters. The third-order valence-electron chi connectivity index (χ3n) is 3.68. The molecule has 4 N–H and O–H groups in total. The van der Waals surface area contributed by atoms with Crippen molar-refractivity contribution in [3.8, 4) is 0 Å². The Morgan fingerprint density at radius 1 is 1.57 bits per heavy atom. The van der Waals surface area contributed by atoms with Gasteiger partial charge in [-0.1, -0.05) is 11.6 Å². The van der Waals surface area contributed by atoms with Gasteiger partial charge in [0.15, 0.2) is 5.69 Å². The summed E-state index contributed by atoms with van der Waals surface area (Å²) in [7, 11) is 0. The van der Waals surface area contributed by atoms with E-state index in [1.165, 1.54) is 24.7 Å². The van der Waals surface area contributed by atoms with E-state index in [0.717, 1.165) is 19.3 Å². The quantitative estimate of drug-likeness (QED) is 0.693. The number of hydrogen-bond acceptors (Lipinski definition) is 5. The maximum absolute atomic E-state index is 11.9. The van der Waals surface area contributed by atoms with Gasteiger partial charge in [0, 0.05) is 6.54 Å². The number of amides is 1. The Morgan fingerprint density at radius 3 is 3.05 bits per heavy atom. The number of nitrogens with zero attached hydrogens (tertiary/aromatic N) is 1. The first-order chi connectivity index (χ1) is 10.1. The van der Waals surface area contributed by atoms with E-state index >= 15 is 0 Å². The summed E-state index contributed by atoms with van der Waals surface area (Å²) in [6.45, 7) is 2.14. The van der Waals surface area contributed by atoms with Crippen molar-refractivity contribution in [1.29, 1.82) is 0 Å². The Balaban J connectivity index is 1.82. The molecule has 1 aromatic rings. The van der Waals surface area contributed by atoms with Crippen molar-refractivity contribution in [2.45, 2.75) is 51.2 Å². The van der Waals surface area contributed by atoms with Gasteiger partial charge in [-0.2, -0.15) is 0 Å². The molecule has 0 fully saturated rings. The zero-order valence-electron chi connectivity index (χ0n) is 12.3. The Labute approximate surface area is 124 Å². The van der Waals surface area contributed by atoms with Gasteiger partial charge in [0.1, 0.15) is 12.3 Å². The summed E-state index contributed by atoms with van der Waals surface area (Å²) < 4.78 is 5.14. The van der Waals surface area contributed by atoms with E-state index in [1.807, 2.05) is 0 Å². The molecule has 1 aliphatic carbocycles. The highest BCUT2D eigenvalue weighted by molar-refractivity contribution is 5.91. The van der Waals surface area contributed by atoms with E-state index in [9.17, 15) is 9.90 Å². The number of carbonyl (C=O) groups is 1. The first-order valence-electron chi connectivity index (χ1n) is 7.43. The van der Waals surface area contributed by atoms with E-state index < -0.39 is 12.1 Å². The molecule has 6 nitrogen and oxygen atoms in total. The average molecular weight is 293 g/mol. The number of nitrogens with one attached hydrogen (secondary N) is 1. The highest BCUT2D eigenvalue weighted by Crippen LogP contribution is 2.19. The first-order valence-corrected chi connectivity index (χ1v) is 7.43. The molecule has 0 radical (unpaired) electrons. The number of aliphatic hydroxyl groups excluding tert-OH is 1. The topological polar surface area (TPSA) is 101 Å². The maximum atomic E-state index is 11.9. The van der Waals surface area contributed by atoms with Gasteiger partial charge in [0.2, 0.25) is 5.89 Å². The van der Waals surface area contributed by atoms with Crippen molar-refractivity contribution < 1.29 is 14.3 Å². The van der Waals surface area contributed by atoms with Gasteiger partial charge in [0.05, 0.1) is 6.10 Å². The van der Waals surface area contributed by atoms with Gasteiger partial charge >= 0.3 is 0 Å². The minimum Gasteiger partial charge on any atom is -0.446 e. The average Bonchev–Trinajstić information content (AvgIpc) is 2.97. The van der Waals surface area contributed by atoms with Gasteiger partial charge in [-0.25, -0.2) is 4.98 Å². The van der Waals surface area contributed by atoms with Crippen LogP contribution in [0.5, 0.6) is 0 Å². The van der Waals surface area contributed by atoms with Crippen LogP contribution in [0.2, 0.25) is 0 Å². The minimum atomic E-state index is -0.780. The van der Waals surface area contributed by atoms with Crippen molar-refractivity contribution in [2.24, 2.45) is 5.73 Å². The standard InChI is InChI=1S/C15H23N3O3/c1-10(19)13(16)15-18-12(9-21-15)14(20)17-8-7-11-5-3-2-4-6-11/h5,9-10,13,19H,2-4,6-8,16H2,1H3,(H,17,20). The molecule has 1 heterocycles. The lowest BCUT2D eigenvalue weighted by Gasteiger charge is -2.12. The second-order valence-corrected chi connectivity index (χ2v) is 5.45. The monoisotopic (exact) mass is 293 g/mol. The number of hydrogen-bond donors (Lipinski definition) is 3. The first kappa shape index (κ1) is 15.7. The molecule has 116 valence electrons. The van der Waals surface area contributed by atoms with Crippen LogP contribution in [0, 0.1) is 0 Å². The third kappa shape index (κ3) is 4.41. The molecule has 2 rings (SSSR count). The Morgan fingerprint density at radius 2 is 2.38 bits per heavy atom. The lowest BCUT2D eigenvalue weighted by atomic mass is 9.97. The number of aliphatic hydroxyl groups is 1. The van der Waals surface area contributed by atoms with Crippen LogP contribution in [-0.2, 0) is 0 Å². The Bertz CT molecular complexity index is 508. The summed E-state index contributed by atoms with van der Waals surface area (Å²) in [4.78, 5) is 16.0. The number of rotatable bonds is 6. The summed E-state index contributed by atoms with van der Waals surface area (Å²) in [5, 5.41) is 12.2. The summed E-state index contributed by atoms with van der Waals surface area (Å²) in [5.41, 5.74) is 7.31. The zero-order chi connectivity index (χ0) is 15.2. The smallest absolute Gasteiger partial charge is 0.273 e. The number of carbonyl (C=O) groups excluding carboxylic acids is 1. The SMILES string of the molecule is CC(O)C(N)c1nc(C(=O)NCCC2=CCCCC2)co1. The van der Waals surface area contributed by atoms with Crippen LogP contribution < -0.4 is 11.1 Å². The van der Waals surface area contributed by atoms with E-state index in [1.54, 1.807) is 6.92 Å². The zero-order valence-corrected chi connectivity index (χ0v) is 12.3. The molecule has 0 spiro atoms. The Kier molecular flexibility index (Phi) is 5.52. The highest BCUT2D eigenvalue weighted by atomic mass is 16.3. The Hall–Kier alpha value is -1.66. The largest absolute Gasteiger partial charge is 0.446 e. The van der Waals surface area contributed by atoms with Crippen LogP contribution >= 0.6 is 0 Å². The number of oxazole rings is 1. The van der Waals surface area contributed by atoms with Crippen LogP contribution in [0.25, 0.3) is 0 Å². The molecule has 1 amide bonds. The summed E-state index contributed by atoms with van der Waals surface area (Å²) in [6, 6.07) is -0.723. The molecule has 0 saturated heterocycles. The summed E-state index contributed by atoms with van der Waals surface area (Å²) in [5.74, 6) is -0.107.